The molecular formula is C24H23FN6O. The number of carbonyl (C=O) groups excluding carboxylic acids is 1. The van der Waals surface area contributed by atoms with Gasteiger partial charge in [-0.3, -0.25) is 14.5 Å². The van der Waals surface area contributed by atoms with Gasteiger partial charge in [0.05, 0.1) is 24.0 Å². The van der Waals surface area contributed by atoms with Crippen LogP contribution in [0.3, 0.4) is 0 Å². The van der Waals surface area contributed by atoms with Crippen LogP contribution in [0.25, 0.3) is 22.0 Å². The topological polar surface area (TPSA) is 75.9 Å². The molecule has 4 heterocycles. The molecule has 0 atom stereocenters. The number of nitrogens with one attached hydrogen (secondary N) is 1. The number of piperidine rings is 1. The van der Waals surface area contributed by atoms with Gasteiger partial charge in [0, 0.05) is 34.5 Å². The monoisotopic (exact) mass is 430 g/mol. The van der Waals surface area contributed by atoms with E-state index in [1.165, 1.54) is 24.3 Å². The summed E-state index contributed by atoms with van der Waals surface area (Å²) in [6, 6.07) is 9.61. The van der Waals surface area contributed by atoms with Gasteiger partial charge in [0.15, 0.2) is 0 Å². The highest BCUT2D eigenvalue weighted by Crippen LogP contribution is 2.27. The van der Waals surface area contributed by atoms with Crippen molar-refractivity contribution >= 4 is 22.6 Å². The Morgan fingerprint density at radius 1 is 1.03 bits per heavy atom. The molecular weight excluding hydrogens is 407 g/mol. The lowest BCUT2D eigenvalue weighted by molar-refractivity contribution is 0.102. The van der Waals surface area contributed by atoms with E-state index in [0.717, 1.165) is 48.0 Å². The van der Waals surface area contributed by atoms with E-state index in [9.17, 15) is 9.18 Å². The standard InChI is InChI=1S/C24H23FN6O/c1-30-8-6-21(7-9-30)31-15-19(13-28-31)18-10-17-11-23(27-14-22(17)26-12-18)29-24(32)16-2-4-20(25)5-3-16/h2-5,10-15,21H,6-9H2,1H3,(H,27,29,32). The molecule has 4 aromatic rings. The number of halogens is 1. The number of aromatic nitrogens is 4. The minimum absolute atomic E-state index is 0.347. The summed E-state index contributed by atoms with van der Waals surface area (Å²) in [4.78, 5) is 23.6. The molecule has 1 aromatic carbocycles. The molecule has 1 aliphatic rings. The number of pyridine rings is 2. The molecule has 1 N–H and O–H groups in total. The molecule has 7 nitrogen and oxygen atoms in total. The molecule has 0 bridgehead atoms. The van der Waals surface area contributed by atoms with E-state index in [0.29, 0.717) is 17.4 Å². The van der Waals surface area contributed by atoms with E-state index in [-0.39, 0.29) is 11.7 Å². The third-order valence-electron chi connectivity index (χ3n) is 5.91. The van der Waals surface area contributed by atoms with E-state index >= 15 is 0 Å². The Bertz CT molecular complexity index is 1260. The van der Waals surface area contributed by atoms with Crippen molar-refractivity contribution in [2.75, 3.05) is 25.5 Å². The summed E-state index contributed by atoms with van der Waals surface area (Å²) in [6.07, 6.45) is 9.59. The fourth-order valence-corrected chi connectivity index (χ4v) is 3.99. The van der Waals surface area contributed by atoms with Crippen molar-refractivity contribution < 1.29 is 9.18 Å². The number of carbonyl (C=O) groups is 1. The summed E-state index contributed by atoms with van der Waals surface area (Å²) in [7, 11) is 2.15. The number of amides is 1. The second-order valence-electron chi connectivity index (χ2n) is 8.19. The van der Waals surface area contributed by atoms with Crippen molar-refractivity contribution in [3.05, 3.63) is 72.6 Å². The minimum atomic E-state index is -0.386. The Kier molecular flexibility index (Phi) is 5.36. The van der Waals surface area contributed by atoms with Crippen molar-refractivity contribution in [1.29, 1.82) is 0 Å². The van der Waals surface area contributed by atoms with Crippen LogP contribution in [0.5, 0.6) is 0 Å². The Hall–Kier alpha value is -3.65. The van der Waals surface area contributed by atoms with Gasteiger partial charge in [-0.25, -0.2) is 9.37 Å². The molecule has 1 saturated heterocycles. The van der Waals surface area contributed by atoms with Crippen molar-refractivity contribution in [3.8, 4) is 11.1 Å². The predicted octanol–water partition coefficient (Wildman–Crippen LogP) is 4.15. The van der Waals surface area contributed by atoms with Crippen LogP contribution in [-0.2, 0) is 0 Å². The van der Waals surface area contributed by atoms with Crippen LogP contribution in [0.15, 0.2) is 61.2 Å². The lowest BCUT2D eigenvalue weighted by Gasteiger charge is -2.28. The number of fused-ring (bicyclic) bond motifs is 1. The Balaban J connectivity index is 1.36. The summed E-state index contributed by atoms with van der Waals surface area (Å²) in [5.41, 5.74) is 3.06. The number of anilines is 1. The number of nitrogens with zero attached hydrogens (tertiary/aromatic N) is 5. The van der Waals surface area contributed by atoms with Gasteiger partial charge >= 0.3 is 0 Å². The van der Waals surface area contributed by atoms with Gasteiger partial charge in [0.1, 0.15) is 11.6 Å². The Morgan fingerprint density at radius 2 is 1.81 bits per heavy atom. The van der Waals surface area contributed by atoms with Crippen molar-refractivity contribution in [1.82, 2.24) is 24.6 Å². The molecule has 1 amide bonds. The van der Waals surface area contributed by atoms with Crippen molar-refractivity contribution in [2.24, 2.45) is 0 Å². The first-order valence-corrected chi connectivity index (χ1v) is 10.6. The molecule has 1 fully saturated rings. The van der Waals surface area contributed by atoms with Crippen LogP contribution >= 0.6 is 0 Å². The first-order valence-electron chi connectivity index (χ1n) is 10.6. The summed E-state index contributed by atoms with van der Waals surface area (Å²) < 4.78 is 15.2. The molecule has 0 aliphatic carbocycles. The average molecular weight is 430 g/mol. The molecule has 0 radical (unpaired) electrons. The maximum Gasteiger partial charge on any atom is 0.256 e. The normalized spacial score (nSPS) is 15.2. The molecule has 1 aliphatic heterocycles. The Labute approximate surface area is 184 Å². The van der Waals surface area contributed by atoms with Crippen LogP contribution < -0.4 is 5.32 Å². The number of benzene rings is 1. The van der Waals surface area contributed by atoms with E-state index < -0.39 is 0 Å². The van der Waals surface area contributed by atoms with Gasteiger partial charge in [-0.2, -0.15) is 5.10 Å². The molecule has 0 unspecified atom stereocenters. The molecule has 32 heavy (non-hydrogen) atoms. The Morgan fingerprint density at radius 3 is 2.59 bits per heavy atom. The van der Waals surface area contributed by atoms with Gasteiger partial charge in [-0.1, -0.05) is 0 Å². The predicted molar refractivity (Wildman–Crippen MR) is 121 cm³/mol. The molecule has 5 rings (SSSR count). The molecule has 162 valence electrons. The third-order valence-corrected chi connectivity index (χ3v) is 5.91. The highest BCUT2D eigenvalue weighted by Gasteiger charge is 2.19. The second kappa shape index (κ2) is 8.47. The van der Waals surface area contributed by atoms with E-state index in [2.05, 4.69) is 43.2 Å². The first kappa shape index (κ1) is 20.3. The lowest BCUT2D eigenvalue weighted by Crippen LogP contribution is -2.31. The SMILES string of the molecule is CN1CCC(n2cc(-c3cnc4cnc(NC(=O)c5ccc(F)cc5)cc4c3)cn2)CC1. The summed E-state index contributed by atoms with van der Waals surface area (Å²) in [5, 5.41) is 8.21. The van der Waals surface area contributed by atoms with E-state index in [1.54, 1.807) is 12.3 Å². The number of rotatable bonds is 4. The number of hydrogen-bond acceptors (Lipinski definition) is 5. The van der Waals surface area contributed by atoms with Crippen molar-refractivity contribution in [2.45, 2.75) is 18.9 Å². The van der Waals surface area contributed by atoms with Crippen LogP contribution in [-0.4, -0.2) is 50.7 Å². The van der Waals surface area contributed by atoms with Crippen molar-refractivity contribution in [3.63, 3.8) is 0 Å². The molecule has 0 saturated carbocycles. The van der Waals surface area contributed by atoms with Crippen LogP contribution in [0.2, 0.25) is 0 Å². The van der Waals surface area contributed by atoms with Gasteiger partial charge in [0.25, 0.3) is 5.91 Å². The average Bonchev–Trinajstić information content (AvgIpc) is 3.30. The zero-order valence-corrected chi connectivity index (χ0v) is 17.7. The third kappa shape index (κ3) is 4.22. The van der Waals surface area contributed by atoms with Gasteiger partial charge < -0.3 is 10.2 Å². The number of likely N-dealkylation sites (tertiary alicyclic amines) is 1. The van der Waals surface area contributed by atoms with Crippen LogP contribution in [0.1, 0.15) is 29.2 Å². The molecule has 8 heteroatoms. The zero-order chi connectivity index (χ0) is 22.1. The van der Waals surface area contributed by atoms with Gasteiger partial charge in [0.2, 0.25) is 0 Å². The molecule has 3 aromatic heterocycles. The van der Waals surface area contributed by atoms with Crippen LogP contribution in [0, 0.1) is 5.82 Å². The fraction of sp³-hybridized carbons (Fsp3) is 0.250. The maximum absolute atomic E-state index is 13.1. The fourth-order valence-electron chi connectivity index (χ4n) is 3.99. The van der Waals surface area contributed by atoms with Gasteiger partial charge in [-0.15, -0.1) is 0 Å². The quantitative estimate of drug-likeness (QED) is 0.526. The number of hydrogen-bond donors (Lipinski definition) is 1. The highest BCUT2D eigenvalue weighted by molar-refractivity contribution is 6.04. The first-order chi connectivity index (χ1) is 15.5. The summed E-state index contributed by atoms with van der Waals surface area (Å²) in [5.74, 6) is -0.323. The largest absolute Gasteiger partial charge is 0.307 e. The molecule has 0 spiro atoms. The van der Waals surface area contributed by atoms with E-state index in [4.69, 9.17) is 0 Å². The van der Waals surface area contributed by atoms with E-state index in [1.807, 2.05) is 18.5 Å². The lowest BCUT2D eigenvalue weighted by atomic mass is 10.1. The minimum Gasteiger partial charge on any atom is -0.307 e. The second-order valence-corrected chi connectivity index (χ2v) is 8.19. The summed E-state index contributed by atoms with van der Waals surface area (Å²) in [6.45, 7) is 2.16. The maximum atomic E-state index is 13.1. The van der Waals surface area contributed by atoms with Crippen LogP contribution in [0.4, 0.5) is 10.2 Å². The zero-order valence-electron chi connectivity index (χ0n) is 17.7. The smallest absolute Gasteiger partial charge is 0.256 e. The van der Waals surface area contributed by atoms with Gasteiger partial charge in [-0.05, 0) is 69.4 Å². The highest BCUT2D eigenvalue weighted by atomic mass is 19.1. The summed E-state index contributed by atoms with van der Waals surface area (Å²) >= 11 is 0.